The van der Waals surface area contributed by atoms with E-state index in [0.29, 0.717) is 13.2 Å². The maximum absolute atomic E-state index is 13.8. The first-order chi connectivity index (χ1) is 21.4. The first-order valence-electron chi connectivity index (χ1n) is 16.2. The molecule has 1 saturated heterocycles. The number of hydrogen-bond donors (Lipinski definition) is 0. The van der Waals surface area contributed by atoms with Crippen molar-refractivity contribution >= 4 is 36.1 Å². The largest absolute Gasteiger partial charge is 0.415 e. The van der Waals surface area contributed by atoms with Gasteiger partial charge in [0.2, 0.25) is 0 Å². The molecule has 1 unspecified atom stereocenters. The van der Waals surface area contributed by atoms with Crippen LogP contribution in [0.3, 0.4) is 0 Å². The predicted octanol–water partition coefficient (Wildman–Crippen LogP) is 6.13. The molecule has 4 heterocycles. The van der Waals surface area contributed by atoms with Gasteiger partial charge in [0, 0.05) is 56.2 Å². The van der Waals surface area contributed by atoms with E-state index >= 15 is 0 Å². The fourth-order valence-corrected chi connectivity index (χ4v) is 7.31. The van der Waals surface area contributed by atoms with Crippen molar-refractivity contribution in [3.05, 3.63) is 58.8 Å². The topological polar surface area (TPSA) is 105 Å². The van der Waals surface area contributed by atoms with Crippen LogP contribution in [0.1, 0.15) is 66.0 Å². The standard InChI is InChI=1S/C34H48N8O2Si/c1-9-26-22-42(27(10-2)21-41(26)24(3)25-11-12-28-29(19-25)37-15-14-36-28)30-20-32(43)40(17-18-44-45(7,8)34(4,5)6)31-23-39(16-13-35)38-33(30)31/h11-12,14-15,19-20,23-24,26-27H,9-10,16-18,21-22H2,1-8H3/t24?,26-,27+/m1/s1. The molecule has 1 aliphatic rings. The molecule has 10 nitrogen and oxygen atoms in total. The maximum atomic E-state index is 13.8. The van der Waals surface area contributed by atoms with Crippen LogP contribution in [0.5, 0.6) is 0 Å². The minimum Gasteiger partial charge on any atom is -0.415 e. The summed E-state index contributed by atoms with van der Waals surface area (Å²) in [7, 11) is -1.97. The van der Waals surface area contributed by atoms with Gasteiger partial charge in [0.1, 0.15) is 12.1 Å². The van der Waals surface area contributed by atoms with E-state index in [0.717, 1.165) is 53.7 Å². The van der Waals surface area contributed by atoms with Gasteiger partial charge in [-0.25, -0.2) is 0 Å². The van der Waals surface area contributed by atoms with Crippen LogP contribution >= 0.6 is 0 Å². The molecule has 1 aromatic carbocycles. The van der Waals surface area contributed by atoms with Gasteiger partial charge >= 0.3 is 0 Å². The highest BCUT2D eigenvalue weighted by Crippen LogP contribution is 2.37. The lowest BCUT2D eigenvalue weighted by molar-refractivity contribution is 0.101. The highest BCUT2D eigenvalue weighted by atomic mass is 28.4. The zero-order valence-electron chi connectivity index (χ0n) is 28.1. The number of piperazine rings is 1. The molecule has 45 heavy (non-hydrogen) atoms. The minimum absolute atomic E-state index is 0.0659. The van der Waals surface area contributed by atoms with Crippen LogP contribution in [-0.2, 0) is 17.5 Å². The molecule has 0 radical (unpaired) electrons. The average Bonchev–Trinajstić information content (AvgIpc) is 3.43. The van der Waals surface area contributed by atoms with E-state index in [9.17, 15) is 10.1 Å². The van der Waals surface area contributed by atoms with Gasteiger partial charge in [-0.15, -0.1) is 0 Å². The fraction of sp³-hybridized carbons (Fsp3) is 0.559. The molecule has 5 rings (SSSR count). The molecule has 0 amide bonds. The summed E-state index contributed by atoms with van der Waals surface area (Å²) in [4.78, 5) is 27.8. The smallest absolute Gasteiger partial charge is 0.253 e. The Labute approximate surface area is 267 Å². The van der Waals surface area contributed by atoms with E-state index in [1.54, 1.807) is 27.7 Å². The normalized spacial score (nSPS) is 18.9. The second-order valence-electron chi connectivity index (χ2n) is 13.8. The second-order valence-corrected chi connectivity index (χ2v) is 18.6. The number of hydrogen-bond acceptors (Lipinski definition) is 8. The molecule has 0 N–H and O–H groups in total. The molecule has 0 aliphatic carbocycles. The molecular weight excluding hydrogens is 581 g/mol. The first-order valence-corrected chi connectivity index (χ1v) is 19.1. The van der Waals surface area contributed by atoms with Crippen LogP contribution in [0.25, 0.3) is 22.1 Å². The number of anilines is 1. The van der Waals surface area contributed by atoms with Gasteiger partial charge in [-0.3, -0.25) is 24.3 Å². The van der Waals surface area contributed by atoms with Gasteiger partial charge in [0.25, 0.3) is 5.56 Å². The van der Waals surface area contributed by atoms with Gasteiger partial charge in [-0.2, -0.15) is 10.4 Å². The van der Waals surface area contributed by atoms with Gasteiger partial charge in [0.15, 0.2) is 8.32 Å². The summed E-state index contributed by atoms with van der Waals surface area (Å²) >= 11 is 0. The van der Waals surface area contributed by atoms with Crippen molar-refractivity contribution in [1.82, 2.24) is 29.2 Å². The zero-order valence-corrected chi connectivity index (χ0v) is 29.1. The number of nitrogens with zero attached hydrogens (tertiary/aromatic N) is 8. The summed E-state index contributed by atoms with van der Waals surface area (Å²) < 4.78 is 9.86. The number of nitriles is 1. The Morgan fingerprint density at radius 2 is 1.78 bits per heavy atom. The third kappa shape index (κ3) is 6.55. The van der Waals surface area contributed by atoms with Crippen molar-refractivity contribution in [2.45, 2.75) is 104 Å². The van der Waals surface area contributed by atoms with Crippen LogP contribution in [-0.4, -0.2) is 69.3 Å². The highest BCUT2D eigenvalue weighted by Gasteiger charge is 2.38. The van der Waals surface area contributed by atoms with Crippen LogP contribution in [0.2, 0.25) is 18.1 Å². The van der Waals surface area contributed by atoms with Crippen LogP contribution in [0.15, 0.2) is 47.7 Å². The predicted molar refractivity (Wildman–Crippen MR) is 183 cm³/mol. The Balaban J connectivity index is 1.47. The summed E-state index contributed by atoms with van der Waals surface area (Å²) in [6.45, 7) is 20.5. The fourth-order valence-electron chi connectivity index (χ4n) is 6.27. The zero-order chi connectivity index (χ0) is 32.5. The van der Waals surface area contributed by atoms with Gasteiger partial charge in [-0.05, 0) is 55.6 Å². The Morgan fingerprint density at radius 3 is 2.44 bits per heavy atom. The monoisotopic (exact) mass is 628 g/mol. The maximum Gasteiger partial charge on any atom is 0.253 e. The van der Waals surface area contributed by atoms with Gasteiger partial charge in [0.05, 0.1) is 41.1 Å². The number of pyridine rings is 1. The lowest BCUT2D eigenvalue weighted by atomic mass is 9.96. The third-order valence-electron chi connectivity index (χ3n) is 10.1. The Bertz CT molecular complexity index is 1750. The molecule has 1 aliphatic heterocycles. The van der Waals surface area contributed by atoms with E-state index in [4.69, 9.17) is 9.52 Å². The Morgan fingerprint density at radius 1 is 1.07 bits per heavy atom. The number of fused-ring (bicyclic) bond motifs is 2. The van der Waals surface area contributed by atoms with E-state index in [-0.39, 0.29) is 35.3 Å². The second kappa shape index (κ2) is 13.0. The van der Waals surface area contributed by atoms with Crippen molar-refractivity contribution in [2.24, 2.45) is 0 Å². The lowest BCUT2D eigenvalue weighted by Crippen LogP contribution is -2.58. The van der Waals surface area contributed by atoms with Crippen molar-refractivity contribution in [1.29, 1.82) is 5.26 Å². The molecule has 3 atom stereocenters. The van der Waals surface area contributed by atoms with Crippen molar-refractivity contribution in [3.63, 3.8) is 0 Å². The van der Waals surface area contributed by atoms with E-state index in [1.165, 1.54) is 5.56 Å². The summed E-state index contributed by atoms with van der Waals surface area (Å²) in [6.07, 6.45) is 7.21. The molecular formula is C34H48N8O2Si. The molecule has 11 heteroatoms. The highest BCUT2D eigenvalue weighted by molar-refractivity contribution is 6.74. The van der Waals surface area contributed by atoms with Crippen molar-refractivity contribution in [3.8, 4) is 6.07 Å². The van der Waals surface area contributed by atoms with E-state index in [1.807, 2.05) is 6.20 Å². The summed E-state index contributed by atoms with van der Waals surface area (Å²) in [6, 6.07) is 11.0. The van der Waals surface area contributed by atoms with E-state index in [2.05, 4.69) is 98.7 Å². The lowest BCUT2D eigenvalue weighted by Gasteiger charge is -2.49. The summed E-state index contributed by atoms with van der Waals surface area (Å²) in [5, 5.41) is 14.4. The van der Waals surface area contributed by atoms with Crippen molar-refractivity contribution < 1.29 is 4.43 Å². The molecule has 0 saturated carbocycles. The molecule has 3 aromatic heterocycles. The SMILES string of the molecule is CC[C@H]1CN(C(C)c2ccc3nccnc3c2)[C@H](CC)CN1c1cc(=O)n(CCO[Si](C)(C)C(C)(C)C)c2cn(CC#N)nc12. The molecule has 1 fully saturated rings. The quantitative estimate of drug-likeness (QED) is 0.193. The number of rotatable bonds is 10. The van der Waals surface area contributed by atoms with E-state index < -0.39 is 8.32 Å². The van der Waals surface area contributed by atoms with Crippen molar-refractivity contribution in [2.75, 3.05) is 24.6 Å². The number of benzene rings is 1. The minimum atomic E-state index is -1.97. The molecule has 0 spiro atoms. The molecule has 240 valence electrons. The van der Waals surface area contributed by atoms with Crippen LogP contribution in [0, 0.1) is 11.3 Å². The first kappa shape index (κ1) is 32.8. The van der Waals surface area contributed by atoms with Gasteiger partial charge < -0.3 is 13.9 Å². The van der Waals surface area contributed by atoms with Crippen LogP contribution in [0.4, 0.5) is 5.69 Å². The average molecular weight is 629 g/mol. The Hall–Kier alpha value is -3.59. The molecule has 0 bridgehead atoms. The number of aromatic nitrogens is 5. The van der Waals surface area contributed by atoms with Crippen LogP contribution < -0.4 is 10.5 Å². The third-order valence-corrected chi connectivity index (χ3v) is 14.6. The summed E-state index contributed by atoms with van der Waals surface area (Å²) in [5.41, 5.74) is 5.34. The molecule has 4 aromatic rings. The Kier molecular flexibility index (Phi) is 9.49. The van der Waals surface area contributed by atoms with Gasteiger partial charge in [-0.1, -0.05) is 40.7 Å². The summed E-state index contributed by atoms with van der Waals surface area (Å²) in [5.74, 6) is 0.